The van der Waals surface area contributed by atoms with Crippen LogP contribution in [-0.4, -0.2) is 64.8 Å². The van der Waals surface area contributed by atoms with Crippen LogP contribution in [0.5, 0.6) is 0 Å². The molecular formula is C16H26N4O4. The average Bonchev–Trinajstić information content (AvgIpc) is 2.84. The van der Waals surface area contributed by atoms with Crippen molar-refractivity contribution in [1.82, 2.24) is 15.0 Å². The number of hydrogen-bond donors (Lipinski definition) is 1. The maximum Gasteiger partial charge on any atom is 0.410 e. The maximum absolute atomic E-state index is 12.1. The number of anilines is 1. The first-order valence-electron chi connectivity index (χ1n) is 8.09. The van der Waals surface area contributed by atoms with Gasteiger partial charge in [0.05, 0.1) is 6.54 Å². The van der Waals surface area contributed by atoms with Gasteiger partial charge in [-0.2, -0.15) is 0 Å². The van der Waals surface area contributed by atoms with Crippen molar-refractivity contribution in [2.75, 3.05) is 31.5 Å². The molecule has 2 rings (SSSR count). The number of aryl methyl sites for hydroxylation is 1. The first kappa shape index (κ1) is 18.3. The molecule has 1 unspecified atom stereocenters. The first-order valence-corrected chi connectivity index (χ1v) is 8.09. The number of carbonyl (C=O) groups excluding carboxylic acids is 2. The number of nitrogens with one attached hydrogen (secondary N) is 1. The Morgan fingerprint density at radius 2 is 2.12 bits per heavy atom. The topological polar surface area (TPSA) is 87.9 Å². The number of amides is 2. The summed E-state index contributed by atoms with van der Waals surface area (Å²) in [6, 6.07) is 1.73. The molecule has 1 aliphatic heterocycles. The number of nitrogens with zero attached hydrogens (tertiary/aromatic N) is 3. The molecule has 2 heterocycles. The summed E-state index contributed by atoms with van der Waals surface area (Å²) in [6.45, 7) is 11.2. The monoisotopic (exact) mass is 338 g/mol. The van der Waals surface area contributed by atoms with Crippen LogP contribution in [0.4, 0.5) is 10.6 Å². The van der Waals surface area contributed by atoms with Crippen molar-refractivity contribution >= 4 is 17.8 Å². The fraction of sp³-hybridized carbons (Fsp3) is 0.688. The number of carbonyl (C=O) groups is 2. The van der Waals surface area contributed by atoms with Gasteiger partial charge in [-0.1, -0.05) is 5.16 Å². The van der Waals surface area contributed by atoms with Crippen LogP contribution in [0.1, 0.15) is 33.5 Å². The molecule has 0 aromatic carbocycles. The fourth-order valence-corrected chi connectivity index (χ4v) is 2.51. The van der Waals surface area contributed by atoms with Crippen LogP contribution in [0, 0.1) is 6.92 Å². The van der Waals surface area contributed by atoms with Gasteiger partial charge in [0.25, 0.3) is 0 Å². The Morgan fingerprint density at radius 1 is 1.42 bits per heavy atom. The van der Waals surface area contributed by atoms with Crippen LogP contribution in [0.2, 0.25) is 0 Å². The zero-order valence-electron chi connectivity index (χ0n) is 15.0. The van der Waals surface area contributed by atoms with Crippen molar-refractivity contribution in [3.8, 4) is 0 Å². The molecule has 1 fully saturated rings. The van der Waals surface area contributed by atoms with Crippen molar-refractivity contribution in [3.05, 3.63) is 11.8 Å². The Bertz CT molecular complexity index is 593. The average molecular weight is 338 g/mol. The van der Waals surface area contributed by atoms with Crippen LogP contribution < -0.4 is 5.32 Å². The fourth-order valence-electron chi connectivity index (χ4n) is 2.51. The van der Waals surface area contributed by atoms with E-state index in [9.17, 15) is 9.59 Å². The van der Waals surface area contributed by atoms with E-state index in [0.717, 1.165) is 0 Å². The smallest absolute Gasteiger partial charge is 0.410 e. The lowest BCUT2D eigenvalue weighted by atomic mass is 10.2. The molecule has 1 aromatic heterocycles. The van der Waals surface area contributed by atoms with E-state index >= 15 is 0 Å². The molecule has 0 radical (unpaired) electrons. The van der Waals surface area contributed by atoms with Gasteiger partial charge in [-0.3, -0.25) is 9.69 Å². The highest BCUT2D eigenvalue weighted by molar-refractivity contribution is 5.91. The summed E-state index contributed by atoms with van der Waals surface area (Å²) in [5.74, 6) is 0.906. The summed E-state index contributed by atoms with van der Waals surface area (Å²) in [5.41, 5.74) is -0.507. The minimum Gasteiger partial charge on any atom is -0.444 e. The molecule has 8 heteroatoms. The van der Waals surface area contributed by atoms with Crippen LogP contribution in [-0.2, 0) is 9.53 Å². The van der Waals surface area contributed by atoms with Crippen molar-refractivity contribution in [1.29, 1.82) is 0 Å². The molecule has 1 aromatic rings. The van der Waals surface area contributed by atoms with E-state index in [1.807, 2.05) is 32.6 Å². The van der Waals surface area contributed by atoms with E-state index in [4.69, 9.17) is 9.26 Å². The van der Waals surface area contributed by atoms with E-state index in [1.54, 1.807) is 17.9 Å². The molecule has 134 valence electrons. The second kappa shape index (κ2) is 7.21. The number of piperazine rings is 1. The van der Waals surface area contributed by atoms with Gasteiger partial charge in [0.1, 0.15) is 11.4 Å². The largest absolute Gasteiger partial charge is 0.444 e. The molecular weight excluding hydrogens is 312 g/mol. The van der Waals surface area contributed by atoms with Crippen LogP contribution in [0.15, 0.2) is 10.6 Å². The number of aromatic nitrogens is 1. The molecule has 1 atom stereocenters. The second-order valence-corrected chi connectivity index (χ2v) is 7.12. The highest BCUT2D eigenvalue weighted by Crippen LogP contribution is 2.15. The molecule has 0 aliphatic carbocycles. The van der Waals surface area contributed by atoms with Gasteiger partial charge in [-0.05, 0) is 34.6 Å². The van der Waals surface area contributed by atoms with Crippen LogP contribution in [0.25, 0.3) is 0 Å². The summed E-state index contributed by atoms with van der Waals surface area (Å²) in [5, 5.41) is 6.45. The van der Waals surface area contributed by atoms with Gasteiger partial charge in [0.2, 0.25) is 5.91 Å². The normalized spacial score (nSPS) is 19.2. The van der Waals surface area contributed by atoms with Gasteiger partial charge in [-0.25, -0.2) is 4.79 Å². The van der Waals surface area contributed by atoms with Crippen molar-refractivity contribution in [2.24, 2.45) is 0 Å². The summed E-state index contributed by atoms with van der Waals surface area (Å²) < 4.78 is 10.3. The van der Waals surface area contributed by atoms with Crippen molar-refractivity contribution < 1.29 is 18.8 Å². The molecule has 1 N–H and O–H groups in total. The molecule has 2 amide bonds. The third-order valence-electron chi connectivity index (χ3n) is 3.66. The predicted octanol–water partition coefficient (Wildman–Crippen LogP) is 1.86. The maximum atomic E-state index is 12.1. The molecule has 8 nitrogen and oxygen atoms in total. The zero-order valence-corrected chi connectivity index (χ0v) is 15.0. The minimum absolute atomic E-state index is 0.0658. The predicted molar refractivity (Wildman–Crippen MR) is 88.7 cm³/mol. The molecule has 0 spiro atoms. The lowest BCUT2D eigenvalue weighted by Crippen LogP contribution is -2.55. The van der Waals surface area contributed by atoms with Gasteiger partial charge in [0.15, 0.2) is 5.82 Å². The Kier molecular flexibility index (Phi) is 5.48. The minimum atomic E-state index is -0.507. The second-order valence-electron chi connectivity index (χ2n) is 7.12. The Morgan fingerprint density at radius 3 is 2.67 bits per heavy atom. The van der Waals surface area contributed by atoms with Gasteiger partial charge < -0.3 is 19.5 Å². The third kappa shape index (κ3) is 5.23. The summed E-state index contributed by atoms with van der Waals surface area (Å²) in [7, 11) is 0. The van der Waals surface area contributed by atoms with Crippen LogP contribution in [0.3, 0.4) is 0 Å². The summed E-state index contributed by atoms with van der Waals surface area (Å²) >= 11 is 0. The van der Waals surface area contributed by atoms with E-state index < -0.39 is 5.60 Å². The Labute approximate surface area is 142 Å². The van der Waals surface area contributed by atoms with Gasteiger partial charge >= 0.3 is 6.09 Å². The zero-order chi connectivity index (χ0) is 17.9. The number of ether oxygens (including phenoxy) is 1. The number of hydrogen-bond acceptors (Lipinski definition) is 6. The SMILES string of the molecule is Cc1cc(NC(=O)CN2CCN(C(=O)OC(C)(C)C)CC2C)no1. The van der Waals surface area contributed by atoms with E-state index in [2.05, 4.69) is 10.5 Å². The third-order valence-corrected chi connectivity index (χ3v) is 3.66. The lowest BCUT2D eigenvalue weighted by Gasteiger charge is -2.39. The molecule has 24 heavy (non-hydrogen) atoms. The number of rotatable bonds is 3. The Balaban J connectivity index is 1.82. The Hall–Kier alpha value is -2.09. The van der Waals surface area contributed by atoms with E-state index in [1.165, 1.54) is 0 Å². The van der Waals surface area contributed by atoms with E-state index in [-0.39, 0.29) is 24.6 Å². The lowest BCUT2D eigenvalue weighted by molar-refractivity contribution is -0.118. The van der Waals surface area contributed by atoms with E-state index in [0.29, 0.717) is 31.2 Å². The molecule has 0 saturated carbocycles. The molecule has 1 saturated heterocycles. The first-order chi connectivity index (χ1) is 11.1. The highest BCUT2D eigenvalue weighted by Gasteiger charge is 2.30. The summed E-state index contributed by atoms with van der Waals surface area (Å²) in [4.78, 5) is 27.9. The van der Waals surface area contributed by atoms with Gasteiger partial charge in [0, 0.05) is 31.7 Å². The molecule has 0 bridgehead atoms. The molecule has 1 aliphatic rings. The van der Waals surface area contributed by atoms with Crippen molar-refractivity contribution in [3.63, 3.8) is 0 Å². The van der Waals surface area contributed by atoms with Gasteiger partial charge in [-0.15, -0.1) is 0 Å². The highest BCUT2D eigenvalue weighted by atomic mass is 16.6. The quantitative estimate of drug-likeness (QED) is 0.905. The summed E-state index contributed by atoms with van der Waals surface area (Å²) in [6.07, 6.45) is -0.309. The standard InChI is InChI=1S/C16H26N4O4/c1-11-9-20(15(22)23-16(3,4)5)7-6-19(11)10-14(21)17-13-8-12(2)24-18-13/h8,11H,6-7,9-10H2,1-5H3,(H,17,18,21). The van der Waals surface area contributed by atoms with Crippen molar-refractivity contribution in [2.45, 2.75) is 46.3 Å². The van der Waals surface area contributed by atoms with Crippen LogP contribution >= 0.6 is 0 Å².